The van der Waals surface area contributed by atoms with E-state index in [4.69, 9.17) is 4.74 Å². The van der Waals surface area contributed by atoms with Crippen LogP contribution in [0.1, 0.15) is 50.0 Å². The van der Waals surface area contributed by atoms with Crippen LogP contribution in [0.3, 0.4) is 0 Å². The van der Waals surface area contributed by atoms with E-state index < -0.39 is 0 Å². The van der Waals surface area contributed by atoms with Crippen molar-refractivity contribution in [2.75, 3.05) is 0 Å². The molecule has 16 heavy (non-hydrogen) atoms. The van der Waals surface area contributed by atoms with Crippen LogP contribution in [-0.2, 0) is 5.41 Å². The molecule has 0 aromatic heterocycles. The summed E-state index contributed by atoms with van der Waals surface area (Å²) in [7, 11) is 0. The largest absolute Gasteiger partial charge is 0.489 e. The molecule has 0 amide bonds. The van der Waals surface area contributed by atoms with Crippen LogP contribution in [0.2, 0.25) is 0 Å². The van der Waals surface area contributed by atoms with E-state index in [2.05, 4.69) is 20.8 Å². The van der Waals surface area contributed by atoms with E-state index >= 15 is 0 Å². The lowest BCUT2D eigenvalue weighted by Gasteiger charge is -2.25. The van der Waals surface area contributed by atoms with Crippen molar-refractivity contribution in [2.24, 2.45) is 0 Å². The smallest absolute Gasteiger partial charge is 0.170 e. The minimum Gasteiger partial charge on any atom is -0.489 e. The second-order valence-corrected chi connectivity index (χ2v) is 5.52. The highest BCUT2D eigenvalue weighted by Crippen LogP contribution is 2.32. The number of benzene rings is 1. The summed E-state index contributed by atoms with van der Waals surface area (Å²) < 4.78 is 5.65. The molecule has 0 bridgehead atoms. The number of carbonyl (C=O) groups is 1. The van der Waals surface area contributed by atoms with Gasteiger partial charge in [0, 0.05) is 6.42 Å². The number of ether oxygens (including phenoxy) is 1. The number of ketones is 1. The molecule has 1 atom stereocenters. The van der Waals surface area contributed by atoms with Crippen LogP contribution in [0.5, 0.6) is 5.75 Å². The fourth-order valence-electron chi connectivity index (χ4n) is 1.95. The molecule has 0 saturated carbocycles. The SMILES string of the molecule is CC1CC(=O)c2cc(C(C)(C)C)ccc2O1. The van der Waals surface area contributed by atoms with Gasteiger partial charge in [-0.15, -0.1) is 0 Å². The van der Waals surface area contributed by atoms with Crippen molar-refractivity contribution >= 4 is 5.78 Å². The second-order valence-electron chi connectivity index (χ2n) is 5.52. The van der Waals surface area contributed by atoms with Gasteiger partial charge >= 0.3 is 0 Å². The summed E-state index contributed by atoms with van der Waals surface area (Å²) in [5, 5.41) is 0. The van der Waals surface area contributed by atoms with Crippen LogP contribution in [0.25, 0.3) is 0 Å². The molecule has 0 fully saturated rings. The van der Waals surface area contributed by atoms with Crippen molar-refractivity contribution in [1.82, 2.24) is 0 Å². The van der Waals surface area contributed by atoms with Gasteiger partial charge in [0.15, 0.2) is 5.78 Å². The van der Waals surface area contributed by atoms with Gasteiger partial charge in [-0.3, -0.25) is 4.79 Å². The Bertz CT molecular complexity index is 427. The van der Waals surface area contributed by atoms with Gasteiger partial charge in [0.1, 0.15) is 11.9 Å². The van der Waals surface area contributed by atoms with E-state index in [1.807, 2.05) is 25.1 Å². The number of fused-ring (bicyclic) bond motifs is 1. The molecule has 0 N–H and O–H groups in total. The minimum absolute atomic E-state index is 0.000451. The Balaban J connectivity index is 2.47. The lowest BCUT2D eigenvalue weighted by atomic mass is 9.85. The maximum absolute atomic E-state index is 11.9. The van der Waals surface area contributed by atoms with Crippen LogP contribution < -0.4 is 4.74 Å². The van der Waals surface area contributed by atoms with Gasteiger partial charge < -0.3 is 4.74 Å². The van der Waals surface area contributed by atoms with Gasteiger partial charge in [0.05, 0.1) is 5.56 Å². The molecule has 1 aliphatic heterocycles. The number of rotatable bonds is 0. The first-order valence-electron chi connectivity index (χ1n) is 5.72. The fourth-order valence-corrected chi connectivity index (χ4v) is 1.95. The Morgan fingerprint density at radius 1 is 1.31 bits per heavy atom. The molecule has 2 heteroatoms. The zero-order valence-corrected chi connectivity index (χ0v) is 10.3. The molecule has 0 saturated heterocycles. The van der Waals surface area contributed by atoms with Crippen LogP contribution in [0, 0.1) is 0 Å². The molecular weight excluding hydrogens is 200 g/mol. The number of hydrogen-bond donors (Lipinski definition) is 0. The standard InChI is InChI=1S/C14H18O2/c1-9-7-12(15)11-8-10(14(2,3)4)5-6-13(11)16-9/h5-6,8-9H,7H2,1-4H3. The topological polar surface area (TPSA) is 26.3 Å². The van der Waals surface area contributed by atoms with Gasteiger partial charge in [-0.05, 0) is 30.0 Å². The molecule has 1 aromatic rings. The van der Waals surface area contributed by atoms with Crippen molar-refractivity contribution < 1.29 is 9.53 Å². The quantitative estimate of drug-likeness (QED) is 0.667. The summed E-state index contributed by atoms with van der Waals surface area (Å²) in [4.78, 5) is 11.9. The molecule has 1 heterocycles. The van der Waals surface area contributed by atoms with Crippen molar-refractivity contribution in [3.05, 3.63) is 29.3 Å². The highest BCUT2D eigenvalue weighted by Gasteiger charge is 2.25. The summed E-state index contributed by atoms with van der Waals surface area (Å²) in [6.45, 7) is 8.36. The molecule has 2 nitrogen and oxygen atoms in total. The summed E-state index contributed by atoms with van der Waals surface area (Å²) in [5.74, 6) is 0.927. The highest BCUT2D eigenvalue weighted by molar-refractivity contribution is 6.00. The Hall–Kier alpha value is -1.31. The first kappa shape index (κ1) is 11.2. The van der Waals surface area contributed by atoms with E-state index in [1.165, 1.54) is 5.56 Å². The summed E-state index contributed by atoms with van der Waals surface area (Å²) in [6, 6.07) is 5.94. The Morgan fingerprint density at radius 2 is 2.00 bits per heavy atom. The molecule has 1 aromatic carbocycles. The zero-order chi connectivity index (χ0) is 11.9. The maximum atomic E-state index is 11.9. The normalized spacial score (nSPS) is 20.2. The Labute approximate surface area is 96.6 Å². The lowest BCUT2D eigenvalue weighted by Crippen LogP contribution is -2.24. The fraction of sp³-hybridized carbons (Fsp3) is 0.500. The van der Waals surface area contributed by atoms with Crippen molar-refractivity contribution in [3.8, 4) is 5.75 Å². The average molecular weight is 218 g/mol. The summed E-state index contributed by atoms with van der Waals surface area (Å²) in [5.41, 5.74) is 1.99. The highest BCUT2D eigenvalue weighted by atomic mass is 16.5. The van der Waals surface area contributed by atoms with Gasteiger partial charge in [-0.1, -0.05) is 26.8 Å². The molecule has 1 unspecified atom stereocenters. The number of hydrogen-bond acceptors (Lipinski definition) is 2. The van der Waals surface area contributed by atoms with Gasteiger partial charge in [0.25, 0.3) is 0 Å². The van der Waals surface area contributed by atoms with Crippen LogP contribution in [0.4, 0.5) is 0 Å². The van der Waals surface area contributed by atoms with E-state index in [0.717, 1.165) is 11.3 Å². The maximum Gasteiger partial charge on any atom is 0.170 e. The van der Waals surface area contributed by atoms with E-state index in [9.17, 15) is 4.79 Å². The van der Waals surface area contributed by atoms with Crippen LogP contribution >= 0.6 is 0 Å². The second kappa shape index (κ2) is 3.62. The van der Waals surface area contributed by atoms with Crippen molar-refractivity contribution in [2.45, 2.75) is 45.6 Å². The average Bonchev–Trinajstić information content (AvgIpc) is 2.15. The molecule has 0 spiro atoms. The monoisotopic (exact) mass is 218 g/mol. The van der Waals surface area contributed by atoms with Gasteiger partial charge in [-0.25, -0.2) is 0 Å². The molecular formula is C14H18O2. The third-order valence-electron chi connectivity index (χ3n) is 2.95. The van der Waals surface area contributed by atoms with E-state index in [0.29, 0.717) is 6.42 Å². The lowest BCUT2D eigenvalue weighted by molar-refractivity contribution is 0.0871. The molecule has 1 aliphatic rings. The summed E-state index contributed by atoms with van der Waals surface area (Å²) >= 11 is 0. The summed E-state index contributed by atoms with van der Waals surface area (Å²) in [6.07, 6.45) is 0.487. The zero-order valence-electron chi connectivity index (χ0n) is 10.3. The predicted molar refractivity (Wildman–Crippen MR) is 64.2 cm³/mol. The Kier molecular flexibility index (Phi) is 2.53. The first-order chi connectivity index (χ1) is 7.38. The van der Waals surface area contributed by atoms with E-state index in [1.54, 1.807) is 0 Å². The van der Waals surface area contributed by atoms with Gasteiger partial charge in [0.2, 0.25) is 0 Å². The van der Waals surface area contributed by atoms with Crippen molar-refractivity contribution in [3.63, 3.8) is 0 Å². The number of carbonyl (C=O) groups excluding carboxylic acids is 1. The third-order valence-corrected chi connectivity index (χ3v) is 2.95. The first-order valence-corrected chi connectivity index (χ1v) is 5.72. The third kappa shape index (κ3) is 1.97. The molecule has 86 valence electrons. The van der Waals surface area contributed by atoms with E-state index in [-0.39, 0.29) is 17.3 Å². The van der Waals surface area contributed by atoms with Crippen LogP contribution in [0.15, 0.2) is 18.2 Å². The Morgan fingerprint density at radius 3 is 2.62 bits per heavy atom. The molecule has 2 rings (SSSR count). The van der Waals surface area contributed by atoms with Crippen molar-refractivity contribution in [1.29, 1.82) is 0 Å². The predicted octanol–water partition coefficient (Wildman–Crippen LogP) is 3.34. The molecule has 0 aliphatic carbocycles. The number of Topliss-reactive ketones (excluding diaryl/α,β-unsaturated/α-hetero) is 1. The van der Waals surface area contributed by atoms with Gasteiger partial charge in [-0.2, -0.15) is 0 Å². The minimum atomic E-state index is 0.000451. The van der Waals surface area contributed by atoms with Crippen LogP contribution in [-0.4, -0.2) is 11.9 Å². The molecule has 0 radical (unpaired) electrons.